The van der Waals surface area contributed by atoms with Crippen molar-refractivity contribution in [2.24, 2.45) is 0 Å². The Morgan fingerprint density at radius 1 is 0.630 bits per heavy atom. The molecule has 4 aliphatic rings. The number of pyridine rings is 4. The fraction of sp³-hybridized carbons (Fsp3) is 0.533. The molecule has 2 aliphatic heterocycles. The minimum atomic E-state index is -0.510. The highest BCUT2D eigenvalue weighted by atomic mass is 16.6. The molecule has 0 aromatic carbocycles. The predicted molar refractivity (Wildman–Crippen MR) is 317 cm³/mol. The van der Waals surface area contributed by atoms with Crippen molar-refractivity contribution in [3.05, 3.63) is 99.1 Å². The van der Waals surface area contributed by atoms with Crippen LogP contribution in [0.5, 0.6) is 0 Å². The third-order valence-corrected chi connectivity index (χ3v) is 15.2. The fourth-order valence-corrected chi connectivity index (χ4v) is 11.0. The van der Waals surface area contributed by atoms with Crippen molar-refractivity contribution in [3.63, 3.8) is 0 Å². The molecule has 0 unspecified atom stereocenters. The summed E-state index contributed by atoms with van der Waals surface area (Å²) in [5, 5.41) is 8.11. The van der Waals surface area contributed by atoms with Crippen molar-refractivity contribution in [3.8, 4) is 0 Å². The molecule has 2 N–H and O–H groups in total. The summed E-state index contributed by atoms with van der Waals surface area (Å²) in [5.41, 5.74) is 4.29. The van der Waals surface area contributed by atoms with E-state index in [0.717, 1.165) is 97.5 Å². The first-order valence-electron chi connectivity index (χ1n) is 28.8. The predicted octanol–water partition coefficient (Wildman–Crippen LogP) is 10.6. The molecule has 6 aromatic rings. The van der Waals surface area contributed by atoms with Crippen LogP contribution in [-0.2, 0) is 14.2 Å². The van der Waals surface area contributed by atoms with E-state index in [1.807, 2.05) is 101 Å². The van der Waals surface area contributed by atoms with Crippen molar-refractivity contribution < 1.29 is 23.8 Å². The Morgan fingerprint density at radius 3 is 1.53 bits per heavy atom. The number of anilines is 6. The van der Waals surface area contributed by atoms with Crippen LogP contribution in [0.15, 0.2) is 71.3 Å². The second-order valence-electron chi connectivity index (χ2n) is 23.5. The highest BCUT2D eigenvalue weighted by Crippen LogP contribution is 2.34. The van der Waals surface area contributed by atoms with Crippen LogP contribution < -0.4 is 31.6 Å². The summed E-state index contributed by atoms with van der Waals surface area (Å²) < 4.78 is 20.6. The van der Waals surface area contributed by atoms with Crippen molar-refractivity contribution in [2.75, 3.05) is 79.4 Å². The SMILES string of the molecule is C=C(OCCCC)c1c(C)c2cnc(Nc3ccc(N4CCN(C(=O)OC(C)(C)C)CC4)cn3)nc2n(C2CCCC2)c1=O.Cc1cc(=O)n(C2CCCC2)c2nc(Nc3ccc(N4CCN(C(=O)OC(C)(C)C)CC4)cn3)ncc12. The zero-order valence-corrected chi connectivity index (χ0v) is 48.7. The van der Waals surface area contributed by atoms with Gasteiger partial charge in [0, 0.05) is 93.7 Å². The third-order valence-electron chi connectivity index (χ3n) is 15.2. The van der Waals surface area contributed by atoms with Gasteiger partial charge >= 0.3 is 12.2 Å². The molecular weight excluding hydrogens is 1030 g/mol. The molecule has 432 valence electrons. The van der Waals surface area contributed by atoms with Gasteiger partial charge in [0.1, 0.15) is 39.9 Å². The fourth-order valence-electron chi connectivity index (χ4n) is 11.0. The quantitative estimate of drug-likeness (QED) is 0.0811. The lowest BCUT2D eigenvalue weighted by Crippen LogP contribution is -2.50. The summed E-state index contributed by atoms with van der Waals surface area (Å²) in [4.78, 5) is 87.2. The van der Waals surface area contributed by atoms with Gasteiger partial charge in [0.25, 0.3) is 11.1 Å². The first kappa shape index (κ1) is 57.8. The summed E-state index contributed by atoms with van der Waals surface area (Å²) in [6.07, 6.45) is 16.8. The number of carbonyl (C=O) groups excluding carboxylic acids is 2. The lowest BCUT2D eigenvalue weighted by atomic mass is 10.0. The Morgan fingerprint density at radius 2 is 1.09 bits per heavy atom. The van der Waals surface area contributed by atoms with E-state index in [4.69, 9.17) is 24.2 Å². The molecule has 21 heteroatoms. The Hall–Kier alpha value is -7.84. The molecule has 0 spiro atoms. The molecule has 0 bridgehead atoms. The second-order valence-corrected chi connectivity index (χ2v) is 23.5. The normalized spacial score (nSPS) is 16.4. The summed E-state index contributed by atoms with van der Waals surface area (Å²) >= 11 is 0. The minimum Gasteiger partial charge on any atom is -0.493 e. The van der Waals surface area contributed by atoms with E-state index in [2.05, 4.69) is 53.9 Å². The van der Waals surface area contributed by atoms with E-state index in [-0.39, 0.29) is 35.4 Å². The number of piperazine rings is 2. The summed E-state index contributed by atoms with van der Waals surface area (Å²) in [7, 11) is 0. The van der Waals surface area contributed by atoms with Gasteiger partial charge in [-0.15, -0.1) is 0 Å². The van der Waals surface area contributed by atoms with Crippen LogP contribution in [-0.4, -0.2) is 131 Å². The minimum absolute atomic E-state index is 0.00389. The summed E-state index contributed by atoms with van der Waals surface area (Å²) in [6.45, 7) is 27.0. The van der Waals surface area contributed by atoms with E-state index in [1.165, 1.54) is 0 Å². The van der Waals surface area contributed by atoms with Gasteiger partial charge in [-0.05, 0) is 123 Å². The molecule has 2 saturated carbocycles. The number of aryl methyl sites for hydroxylation is 2. The smallest absolute Gasteiger partial charge is 0.410 e. The molecule has 0 radical (unpaired) electrons. The van der Waals surface area contributed by atoms with E-state index >= 15 is 0 Å². The molecule has 0 atom stereocenters. The molecule has 6 aromatic heterocycles. The van der Waals surface area contributed by atoms with Gasteiger partial charge in [-0.2, -0.15) is 9.97 Å². The monoisotopic (exact) mass is 1110 g/mol. The molecule has 81 heavy (non-hydrogen) atoms. The molecule has 2 amide bonds. The first-order chi connectivity index (χ1) is 38.7. The van der Waals surface area contributed by atoms with Crippen LogP contribution in [0, 0.1) is 13.8 Å². The van der Waals surface area contributed by atoms with Gasteiger partial charge in [0.2, 0.25) is 11.9 Å². The number of nitrogens with one attached hydrogen (secondary N) is 2. The molecule has 21 nitrogen and oxygen atoms in total. The van der Waals surface area contributed by atoms with Crippen LogP contribution in [0.1, 0.15) is 141 Å². The Balaban J connectivity index is 0.000000198. The van der Waals surface area contributed by atoms with Gasteiger partial charge in [0.15, 0.2) is 0 Å². The van der Waals surface area contributed by atoms with Crippen LogP contribution in [0.25, 0.3) is 27.8 Å². The Kier molecular flexibility index (Phi) is 17.8. The lowest BCUT2D eigenvalue weighted by Gasteiger charge is -2.36. The largest absolute Gasteiger partial charge is 0.493 e. The molecule has 4 fully saturated rings. The number of aromatic nitrogens is 8. The standard InChI is InChI=1S/C33H45N7O4.C27H35N7O3/c1-7-8-19-43-23(3)28-22(2)26-21-35-31(37-29(26)40(30(28)41)24-11-9-10-12-24)36-27-14-13-25(20-34-27)38-15-17-39(18-16-38)32(42)44-33(4,5)6;1-18-15-23(35)34(19-7-5-6-8-19)24-21(18)17-29-25(31-24)30-22-10-9-20(16-28-22)32-11-13-33(14-12-32)26(36)37-27(2,3)4/h13-14,20-21,24H,3,7-12,15-19H2,1-2,4-6H3,(H,34,35,36,37);9-10,15-17,19H,5-8,11-14H2,1-4H3,(H,28,29,30,31). The van der Waals surface area contributed by atoms with Crippen molar-refractivity contribution in [1.82, 2.24) is 48.8 Å². The van der Waals surface area contributed by atoms with Gasteiger partial charge in [-0.1, -0.05) is 45.6 Å². The first-order valence-corrected chi connectivity index (χ1v) is 28.8. The second kappa shape index (κ2) is 24.9. The number of nitrogens with zero attached hydrogens (tertiary/aromatic N) is 12. The molecule has 2 aliphatic carbocycles. The Bertz CT molecular complexity index is 3320. The van der Waals surface area contributed by atoms with Crippen LogP contribution in [0.2, 0.25) is 0 Å². The number of carbonyl (C=O) groups is 2. The maximum atomic E-state index is 13.9. The summed E-state index contributed by atoms with van der Waals surface area (Å²) in [6, 6.07) is 9.72. The van der Waals surface area contributed by atoms with Gasteiger partial charge in [0.05, 0.1) is 35.9 Å². The van der Waals surface area contributed by atoms with Gasteiger partial charge < -0.3 is 44.4 Å². The maximum Gasteiger partial charge on any atom is 0.410 e. The average Bonchev–Trinajstić information content (AvgIpc) is 4.20. The number of fused-ring (bicyclic) bond motifs is 2. The number of hydrogen-bond acceptors (Lipinski definition) is 17. The number of hydrogen-bond donors (Lipinski definition) is 2. The number of unbranched alkanes of at least 4 members (excludes halogenated alkanes) is 1. The van der Waals surface area contributed by atoms with Crippen LogP contribution in [0.3, 0.4) is 0 Å². The third kappa shape index (κ3) is 14.0. The maximum absolute atomic E-state index is 13.9. The number of ether oxygens (including phenoxy) is 3. The van der Waals surface area contributed by atoms with E-state index in [1.54, 1.807) is 28.3 Å². The van der Waals surface area contributed by atoms with E-state index in [0.29, 0.717) is 105 Å². The highest BCUT2D eigenvalue weighted by molar-refractivity contribution is 5.84. The van der Waals surface area contributed by atoms with Crippen molar-refractivity contribution in [2.45, 2.75) is 150 Å². The molecule has 2 saturated heterocycles. The number of amides is 2. The Labute approximate surface area is 474 Å². The zero-order valence-electron chi connectivity index (χ0n) is 48.7. The van der Waals surface area contributed by atoms with Gasteiger partial charge in [-0.3, -0.25) is 18.7 Å². The molecule has 8 heterocycles. The van der Waals surface area contributed by atoms with Crippen LogP contribution in [0.4, 0.5) is 44.5 Å². The van der Waals surface area contributed by atoms with E-state index < -0.39 is 11.2 Å². The highest BCUT2D eigenvalue weighted by Gasteiger charge is 2.30. The molecular formula is C60H80N14O7. The van der Waals surface area contributed by atoms with Crippen molar-refractivity contribution >= 4 is 74.9 Å². The molecule has 10 rings (SSSR count). The van der Waals surface area contributed by atoms with Crippen LogP contribution >= 0.6 is 0 Å². The zero-order chi connectivity index (χ0) is 57.6. The van der Waals surface area contributed by atoms with Crippen molar-refractivity contribution in [1.29, 1.82) is 0 Å². The van der Waals surface area contributed by atoms with E-state index in [9.17, 15) is 19.2 Å². The lowest BCUT2D eigenvalue weighted by molar-refractivity contribution is 0.0230. The summed E-state index contributed by atoms with van der Waals surface area (Å²) in [5.74, 6) is 2.42. The van der Waals surface area contributed by atoms with Gasteiger partial charge in [-0.25, -0.2) is 29.5 Å². The topological polar surface area (TPSA) is 220 Å². The average molecular weight is 1110 g/mol. The number of rotatable bonds is 13.